The van der Waals surface area contributed by atoms with Gasteiger partial charge in [-0.15, -0.1) is 9.36 Å². The van der Waals surface area contributed by atoms with E-state index >= 15 is 0 Å². The van der Waals surface area contributed by atoms with Gasteiger partial charge in [0.1, 0.15) is 11.2 Å². The molecule has 0 spiro atoms. The van der Waals surface area contributed by atoms with Crippen molar-refractivity contribution in [1.82, 2.24) is 4.68 Å². The van der Waals surface area contributed by atoms with E-state index in [1.165, 1.54) is 27.9 Å². The zero-order chi connectivity index (χ0) is 16.3. The largest absolute Gasteiger partial charge is 0.250 e. The maximum Gasteiger partial charge on any atom is 0.224 e. The average molecular weight is 299 g/mol. The van der Waals surface area contributed by atoms with Crippen LogP contribution in [0.2, 0.25) is 0 Å². The van der Waals surface area contributed by atoms with Crippen molar-refractivity contribution in [2.75, 3.05) is 0 Å². The highest BCUT2D eigenvalue weighted by Gasteiger charge is 2.33. The zero-order valence-corrected chi connectivity index (χ0v) is 13.3. The van der Waals surface area contributed by atoms with Crippen molar-refractivity contribution < 1.29 is 4.68 Å². The molecule has 2 heterocycles. The van der Waals surface area contributed by atoms with Gasteiger partial charge < -0.3 is 0 Å². The zero-order valence-electron chi connectivity index (χ0n) is 13.3. The lowest BCUT2D eigenvalue weighted by molar-refractivity contribution is -0.749. The maximum atomic E-state index is 7.55. The molecule has 0 saturated carbocycles. The van der Waals surface area contributed by atoms with Gasteiger partial charge in [-0.2, -0.15) is 0 Å². The van der Waals surface area contributed by atoms with Gasteiger partial charge in [0.25, 0.3) is 0 Å². The number of nitrogens with zero attached hydrogens (tertiary/aromatic N) is 4. The van der Waals surface area contributed by atoms with Crippen LogP contribution in [0.15, 0.2) is 24.4 Å². The summed E-state index contributed by atoms with van der Waals surface area (Å²) in [6, 6.07) is 5.91. The van der Waals surface area contributed by atoms with E-state index in [1.54, 1.807) is 6.07 Å². The fourth-order valence-corrected chi connectivity index (χ4v) is 3.58. The molecule has 3 aromatic rings. The van der Waals surface area contributed by atoms with Crippen LogP contribution in [-0.4, -0.2) is 4.68 Å². The minimum Gasteiger partial charge on any atom is -0.250 e. The molecule has 2 aromatic carbocycles. The van der Waals surface area contributed by atoms with Gasteiger partial charge in [-0.3, -0.25) is 4.85 Å². The van der Waals surface area contributed by atoms with Crippen LogP contribution in [0, 0.1) is 33.9 Å². The fourth-order valence-electron chi connectivity index (χ4n) is 3.58. The molecule has 110 valence electrons. The van der Waals surface area contributed by atoms with Crippen LogP contribution in [0.4, 0.5) is 11.4 Å². The molecule has 0 fully saturated rings. The minimum absolute atomic E-state index is 0.421. The standard InChI is InChI=1S/C19H15N4/c1-11-8-12(2)15-10-22-9-14-6-7-16(20-4)17(21-5)19(14)23(22)18(15)13(11)3/h6-9H,10H2,1-3H3/q+1. The first-order valence-corrected chi connectivity index (χ1v) is 7.50. The number of aryl methyl sites for hydroxylation is 2. The molecule has 4 heteroatoms. The summed E-state index contributed by atoms with van der Waals surface area (Å²) in [6.45, 7) is 22.1. The van der Waals surface area contributed by atoms with E-state index in [0.717, 1.165) is 17.4 Å². The van der Waals surface area contributed by atoms with Crippen LogP contribution in [0.5, 0.6) is 0 Å². The topological polar surface area (TPSA) is 17.5 Å². The molecule has 0 N–H and O–H groups in total. The number of hydrogen-bond donors (Lipinski definition) is 0. The van der Waals surface area contributed by atoms with Gasteiger partial charge in [-0.1, -0.05) is 18.2 Å². The van der Waals surface area contributed by atoms with Crippen LogP contribution < -0.4 is 4.68 Å². The van der Waals surface area contributed by atoms with E-state index in [9.17, 15) is 0 Å². The van der Waals surface area contributed by atoms with E-state index < -0.39 is 0 Å². The van der Waals surface area contributed by atoms with E-state index in [4.69, 9.17) is 13.1 Å². The maximum absolute atomic E-state index is 7.55. The summed E-state index contributed by atoms with van der Waals surface area (Å²) in [5, 5.41) is 1.01. The molecule has 4 nitrogen and oxygen atoms in total. The van der Waals surface area contributed by atoms with E-state index in [0.29, 0.717) is 11.4 Å². The highest BCUT2D eigenvalue weighted by molar-refractivity contribution is 5.99. The Bertz CT molecular complexity index is 1090. The number of rotatable bonds is 0. The molecule has 1 aromatic heterocycles. The number of hydrogen-bond acceptors (Lipinski definition) is 0. The molecule has 0 unspecified atom stereocenters. The minimum atomic E-state index is 0.421. The van der Waals surface area contributed by atoms with Gasteiger partial charge in [0, 0.05) is 0 Å². The summed E-state index contributed by atoms with van der Waals surface area (Å²) in [7, 11) is 0. The summed E-state index contributed by atoms with van der Waals surface area (Å²) in [5.74, 6) is 0. The normalized spacial score (nSPS) is 11.9. The molecule has 0 aliphatic carbocycles. The number of aromatic nitrogens is 2. The fraction of sp³-hybridized carbons (Fsp3) is 0.211. The predicted octanol–water partition coefficient (Wildman–Crippen LogP) is 4.31. The third-order valence-corrected chi connectivity index (χ3v) is 4.82. The van der Waals surface area contributed by atoms with Crippen molar-refractivity contribution in [3.05, 3.63) is 69.5 Å². The van der Waals surface area contributed by atoms with Gasteiger partial charge in [0.15, 0.2) is 12.2 Å². The van der Waals surface area contributed by atoms with Crippen LogP contribution in [0.1, 0.15) is 22.3 Å². The Balaban J connectivity index is 2.21. The van der Waals surface area contributed by atoms with Gasteiger partial charge in [-0.25, -0.2) is 4.85 Å². The van der Waals surface area contributed by atoms with Crippen molar-refractivity contribution in [1.29, 1.82) is 0 Å². The summed E-state index contributed by atoms with van der Waals surface area (Å²) in [6.07, 6.45) is 2.08. The molecule has 1 aliphatic rings. The second-order valence-electron chi connectivity index (χ2n) is 6.10. The van der Waals surface area contributed by atoms with E-state index in [1.807, 2.05) is 6.07 Å². The highest BCUT2D eigenvalue weighted by atomic mass is 15.4. The molecule has 0 bridgehead atoms. The van der Waals surface area contributed by atoms with Crippen LogP contribution in [-0.2, 0) is 6.54 Å². The Morgan fingerprint density at radius 1 is 1.09 bits per heavy atom. The molecule has 0 atom stereocenters. The molecule has 1 aliphatic heterocycles. The summed E-state index contributed by atoms with van der Waals surface area (Å²) in [5.41, 5.74) is 7.95. The monoisotopic (exact) mass is 299 g/mol. The Kier molecular flexibility index (Phi) is 2.62. The Labute approximate surface area is 134 Å². The predicted molar refractivity (Wildman–Crippen MR) is 89.3 cm³/mol. The summed E-state index contributed by atoms with van der Waals surface area (Å²) >= 11 is 0. The quantitative estimate of drug-likeness (QED) is 0.340. The second-order valence-corrected chi connectivity index (χ2v) is 6.10. The molecule has 4 rings (SSSR count). The Morgan fingerprint density at radius 2 is 1.87 bits per heavy atom. The van der Waals surface area contributed by atoms with Crippen molar-refractivity contribution in [3.63, 3.8) is 0 Å². The van der Waals surface area contributed by atoms with Gasteiger partial charge in [0.2, 0.25) is 11.9 Å². The smallest absolute Gasteiger partial charge is 0.224 e. The van der Waals surface area contributed by atoms with Crippen LogP contribution in [0.25, 0.3) is 26.3 Å². The van der Waals surface area contributed by atoms with Crippen molar-refractivity contribution in [3.8, 4) is 5.69 Å². The lowest BCUT2D eigenvalue weighted by Gasteiger charge is -2.09. The van der Waals surface area contributed by atoms with E-state index in [2.05, 4.69) is 52.1 Å². The van der Waals surface area contributed by atoms with Crippen molar-refractivity contribution in [2.45, 2.75) is 27.3 Å². The van der Waals surface area contributed by atoms with E-state index in [-0.39, 0.29) is 0 Å². The lowest BCUT2D eigenvalue weighted by atomic mass is 9.98. The molecule has 0 amide bonds. The Morgan fingerprint density at radius 3 is 2.57 bits per heavy atom. The molecule has 23 heavy (non-hydrogen) atoms. The molecular formula is C19H15N4+. The highest BCUT2D eigenvalue weighted by Crippen LogP contribution is 2.40. The Hall–Kier alpha value is -3.11. The molecular weight excluding hydrogens is 284 g/mol. The van der Waals surface area contributed by atoms with Crippen LogP contribution >= 0.6 is 0 Å². The number of benzene rings is 2. The van der Waals surface area contributed by atoms with Crippen LogP contribution in [0.3, 0.4) is 0 Å². The summed E-state index contributed by atoms with van der Waals surface area (Å²) < 4.78 is 4.28. The first-order chi connectivity index (χ1) is 11.1. The summed E-state index contributed by atoms with van der Waals surface area (Å²) in [4.78, 5) is 7.19. The number of fused-ring (bicyclic) bond motifs is 5. The second kappa shape index (κ2) is 4.44. The average Bonchev–Trinajstić information content (AvgIpc) is 3.07. The van der Waals surface area contributed by atoms with Gasteiger partial charge in [0.05, 0.1) is 24.1 Å². The third kappa shape index (κ3) is 1.61. The SMILES string of the molecule is [C-]#[N+]c1ccc2c[n+]3n(c2c1[N+]#[C-])-c1c(C)c(C)cc(C)c1C3. The third-order valence-electron chi connectivity index (χ3n) is 4.82. The van der Waals surface area contributed by atoms with Gasteiger partial charge >= 0.3 is 0 Å². The first kappa shape index (κ1) is 13.5. The van der Waals surface area contributed by atoms with Crippen molar-refractivity contribution in [2.24, 2.45) is 0 Å². The lowest BCUT2D eigenvalue weighted by Crippen LogP contribution is -2.36. The first-order valence-electron chi connectivity index (χ1n) is 7.50. The van der Waals surface area contributed by atoms with Crippen molar-refractivity contribution >= 4 is 22.3 Å². The van der Waals surface area contributed by atoms with Gasteiger partial charge in [-0.05, 0) is 37.5 Å². The molecule has 0 saturated heterocycles. The molecule has 0 radical (unpaired) electrons.